The molecule has 1 atom stereocenters. The van der Waals surface area contributed by atoms with Gasteiger partial charge in [-0.3, -0.25) is 9.89 Å². The average molecular weight is 348 g/mol. The van der Waals surface area contributed by atoms with Crippen molar-refractivity contribution in [1.29, 1.82) is 0 Å². The van der Waals surface area contributed by atoms with Gasteiger partial charge in [-0.25, -0.2) is 0 Å². The quantitative estimate of drug-likeness (QED) is 0.580. The zero-order valence-corrected chi connectivity index (χ0v) is 15.9. The Morgan fingerprint density at radius 2 is 1.92 bits per heavy atom. The maximum absolute atomic E-state index is 5.60. The van der Waals surface area contributed by atoms with E-state index >= 15 is 0 Å². The second-order valence-electron chi connectivity index (χ2n) is 6.85. The number of aliphatic imine (C=N–C) groups is 1. The molecule has 6 nitrogen and oxygen atoms in total. The molecule has 1 aromatic rings. The standard InChI is InChI=1S/C19H32N4O2/c1-19(2,23-10-12-25-13-11-23)15-22-18(20-3)21-14-17(24-4)16-8-6-5-7-9-16/h5-9,17H,10-15H2,1-4H3,(H2,20,21,22). The van der Waals surface area contributed by atoms with Crippen molar-refractivity contribution in [1.82, 2.24) is 15.5 Å². The van der Waals surface area contributed by atoms with Crippen molar-refractivity contribution in [2.75, 3.05) is 53.6 Å². The molecule has 1 aliphatic rings. The summed E-state index contributed by atoms with van der Waals surface area (Å²) in [7, 11) is 3.53. The van der Waals surface area contributed by atoms with Crippen LogP contribution in [0.2, 0.25) is 0 Å². The molecule has 0 bridgehead atoms. The molecule has 2 rings (SSSR count). The molecular weight excluding hydrogens is 316 g/mol. The Morgan fingerprint density at radius 3 is 2.52 bits per heavy atom. The average Bonchev–Trinajstić information content (AvgIpc) is 2.66. The molecule has 0 spiro atoms. The Hall–Kier alpha value is -1.63. The number of rotatable bonds is 7. The first-order chi connectivity index (χ1) is 12.1. The summed E-state index contributed by atoms with van der Waals surface area (Å²) in [6, 6.07) is 10.2. The minimum atomic E-state index is -0.00740. The smallest absolute Gasteiger partial charge is 0.191 e. The van der Waals surface area contributed by atoms with Crippen molar-refractivity contribution in [3.05, 3.63) is 35.9 Å². The summed E-state index contributed by atoms with van der Waals surface area (Å²) >= 11 is 0. The largest absolute Gasteiger partial charge is 0.379 e. The molecule has 140 valence electrons. The van der Waals surface area contributed by atoms with Crippen LogP contribution in [-0.2, 0) is 9.47 Å². The molecule has 1 saturated heterocycles. The van der Waals surface area contributed by atoms with Gasteiger partial charge in [-0.15, -0.1) is 0 Å². The number of ether oxygens (including phenoxy) is 2. The summed E-state index contributed by atoms with van der Waals surface area (Å²) < 4.78 is 11.1. The predicted octanol–water partition coefficient (Wildman–Crippen LogP) is 1.65. The van der Waals surface area contributed by atoms with E-state index in [1.165, 1.54) is 0 Å². The number of benzene rings is 1. The number of nitrogens with one attached hydrogen (secondary N) is 2. The summed E-state index contributed by atoms with van der Waals surface area (Å²) in [5.74, 6) is 0.791. The maximum Gasteiger partial charge on any atom is 0.191 e. The van der Waals surface area contributed by atoms with Crippen LogP contribution >= 0.6 is 0 Å². The number of guanidine groups is 1. The van der Waals surface area contributed by atoms with Crippen molar-refractivity contribution in [3.63, 3.8) is 0 Å². The second-order valence-corrected chi connectivity index (χ2v) is 6.85. The highest BCUT2D eigenvalue weighted by molar-refractivity contribution is 5.79. The van der Waals surface area contributed by atoms with E-state index in [9.17, 15) is 0 Å². The third-order valence-electron chi connectivity index (χ3n) is 4.69. The molecule has 0 radical (unpaired) electrons. The SMILES string of the molecule is CN=C(NCC(OC)c1ccccc1)NCC(C)(C)N1CCOCC1. The number of morpholine rings is 1. The third kappa shape index (κ3) is 5.99. The number of hydrogen-bond donors (Lipinski definition) is 2. The lowest BCUT2D eigenvalue weighted by Gasteiger charge is -2.41. The van der Waals surface area contributed by atoms with Gasteiger partial charge < -0.3 is 20.1 Å². The Kier molecular flexibility index (Phi) is 7.68. The molecular formula is C19H32N4O2. The van der Waals surface area contributed by atoms with Gasteiger partial charge >= 0.3 is 0 Å². The fraction of sp³-hybridized carbons (Fsp3) is 0.632. The van der Waals surface area contributed by atoms with Gasteiger partial charge in [0.05, 0.1) is 19.3 Å². The minimum Gasteiger partial charge on any atom is -0.379 e. The second kappa shape index (κ2) is 9.75. The molecule has 1 unspecified atom stereocenters. The Bertz CT molecular complexity index is 527. The van der Waals surface area contributed by atoms with Crippen molar-refractivity contribution >= 4 is 5.96 Å². The Labute approximate surface area is 151 Å². The first-order valence-corrected chi connectivity index (χ1v) is 8.92. The van der Waals surface area contributed by atoms with Gasteiger partial charge in [0.15, 0.2) is 5.96 Å². The van der Waals surface area contributed by atoms with Crippen LogP contribution in [0.3, 0.4) is 0 Å². The van der Waals surface area contributed by atoms with Crippen LogP contribution in [0.15, 0.2) is 35.3 Å². The highest BCUT2D eigenvalue weighted by Crippen LogP contribution is 2.16. The summed E-state index contributed by atoms with van der Waals surface area (Å²) in [4.78, 5) is 6.79. The van der Waals surface area contributed by atoms with Crippen molar-refractivity contribution in [2.45, 2.75) is 25.5 Å². The number of nitrogens with zero attached hydrogens (tertiary/aromatic N) is 2. The fourth-order valence-electron chi connectivity index (χ4n) is 3.00. The van der Waals surface area contributed by atoms with Gasteiger partial charge in [-0.1, -0.05) is 30.3 Å². The lowest BCUT2D eigenvalue weighted by molar-refractivity contribution is -0.00835. The summed E-state index contributed by atoms with van der Waals surface area (Å²) in [6.07, 6.45) is -0.00740. The van der Waals surface area contributed by atoms with Gasteiger partial charge in [0, 0.05) is 45.9 Å². The van der Waals surface area contributed by atoms with Crippen LogP contribution in [0.25, 0.3) is 0 Å². The van der Waals surface area contributed by atoms with E-state index in [0.29, 0.717) is 6.54 Å². The summed E-state index contributed by atoms with van der Waals surface area (Å²) in [5, 5.41) is 6.80. The van der Waals surface area contributed by atoms with Crippen molar-refractivity contribution in [2.24, 2.45) is 4.99 Å². The zero-order valence-electron chi connectivity index (χ0n) is 15.9. The number of methoxy groups -OCH3 is 1. The first-order valence-electron chi connectivity index (χ1n) is 8.92. The van der Waals surface area contributed by atoms with Crippen LogP contribution in [0.4, 0.5) is 0 Å². The molecule has 1 heterocycles. The Morgan fingerprint density at radius 1 is 1.24 bits per heavy atom. The van der Waals surface area contributed by atoms with Crippen LogP contribution in [0.5, 0.6) is 0 Å². The van der Waals surface area contributed by atoms with Gasteiger partial charge in [-0.05, 0) is 19.4 Å². The van der Waals surface area contributed by atoms with Gasteiger partial charge in [-0.2, -0.15) is 0 Å². The van der Waals surface area contributed by atoms with Gasteiger partial charge in [0.2, 0.25) is 0 Å². The molecule has 1 fully saturated rings. The molecule has 1 aliphatic heterocycles. The fourth-order valence-corrected chi connectivity index (χ4v) is 3.00. The van der Waals surface area contributed by atoms with E-state index in [1.54, 1.807) is 14.2 Å². The highest BCUT2D eigenvalue weighted by Gasteiger charge is 2.28. The molecule has 0 aromatic heterocycles. The molecule has 6 heteroatoms. The van der Waals surface area contributed by atoms with E-state index in [2.05, 4.69) is 46.5 Å². The van der Waals surface area contributed by atoms with Crippen molar-refractivity contribution < 1.29 is 9.47 Å². The van der Waals surface area contributed by atoms with Crippen LogP contribution in [-0.4, -0.2) is 69.9 Å². The van der Waals surface area contributed by atoms with Crippen LogP contribution in [0.1, 0.15) is 25.5 Å². The molecule has 25 heavy (non-hydrogen) atoms. The van der Waals surface area contributed by atoms with E-state index in [4.69, 9.17) is 9.47 Å². The molecule has 0 saturated carbocycles. The lowest BCUT2D eigenvalue weighted by Crippen LogP contribution is -2.56. The molecule has 2 N–H and O–H groups in total. The summed E-state index contributed by atoms with van der Waals surface area (Å²) in [5.41, 5.74) is 1.20. The van der Waals surface area contributed by atoms with Crippen molar-refractivity contribution in [3.8, 4) is 0 Å². The van der Waals surface area contributed by atoms with Crippen LogP contribution in [0, 0.1) is 0 Å². The van der Waals surface area contributed by atoms with E-state index in [1.807, 2.05) is 18.2 Å². The topological polar surface area (TPSA) is 58.1 Å². The zero-order chi connectivity index (χ0) is 18.1. The molecule has 0 aliphatic carbocycles. The Balaban J connectivity index is 1.83. The lowest BCUT2D eigenvalue weighted by atomic mass is 10.0. The predicted molar refractivity (Wildman–Crippen MR) is 102 cm³/mol. The van der Waals surface area contributed by atoms with Crippen LogP contribution < -0.4 is 10.6 Å². The highest BCUT2D eigenvalue weighted by atomic mass is 16.5. The first kappa shape index (κ1) is 19.7. The molecule has 0 amide bonds. The molecule has 1 aromatic carbocycles. The number of hydrogen-bond acceptors (Lipinski definition) is 4. The van der Waals surface area contributed by atoms with Gasteiger partial charge in [0.25, 0.3) is 0 Å². The minimum absolute atomic E-state index is 0.00740. The van der Waals surface area contributed by atoms with E-state index in [0.717, 1.165) is 44.4 Å². The normalized spacial score (nSPS) is 18.0. The third-order valence-corrected chi connectivity index (χ3v) is 4.69. The van der Waals surface area contributed by atoms with E-state index < -0.39 is 0 Å². The summed E-state index contributed by atoms with van der Waals surface area (Å²) in [6.45, 7) is 9.54. The monoisotopic (exact) mass is 348 g/mol. The maximum atomic E-state index is 5.60. The van der Waals surface area contributed by atoms with E-state index in [-0.39, 0.29) is 11.6 Å². The van der Waals surface area contributed by atoms with Gasteiger partial charge in [0.1, 0.15) is 0 Å².